The first-order chi connectivity index (χ1) is 7.83. The zero-order valence-electron chi connectivity index (χ0n) is 9.31. The van der Waals surface area contributed by atoms with Gasteiger partial charge < -0.3 is 10.1 Å². The van der Waals surface area contributed by atoms with Crippen molar-refractivity contribution in [3.63, 3.8) is 0 Å². The van der Waals surface area contributed by atoms with Crippen molar-refractivity contribution in [3.05, 3.63) is 24.4 Å². The lowest BCUT2D eigenvalue weighted by Gasteiger charge is -2.04. The molecule has 1 rings (SSSR count). The molecule has 0 aliphatic heterocycles. The predicted molar refractivity (Wildman–Crippen MR) is 64.5 cm³/mol. The normalized spacial score (nSPS) is 10.1. The van der Waals surface area contributed by atoms with E-state index in [1.54, 1.807) is 13.3 Å². The maximum absolute atomic E-state index is 11.4. The summed E-state index contributed by atoms with van der Waals surface area (Å²) >= 11 is 1.44. The Balaban J connectivity index is 2.11. The summed E-state index contributed by atoms with van der Waals surface area (Å²) in [7, 11) is 1.65. The molecule has 1 amide bonds. The highest BCUT2D eigenvalue weighted by atomic mass is 32.2. The van der Waals surface area contributed by atoms with E-state index in [9.17, 15) is 4.79 Å². The number of ether oxygens (including phenoxy) is 1. The molecular weight excluding hydrogens is 224 g/mol. The van der Waals surface area contributed by atoms with E-state index < -0.39 is 0 Å². The van der Waals surface area contributed by atoms with Gasteiger partial charge in [-0.2, -0.15) is 0 Å². The molecule has 0 unspecified atom stereocenters. The second-order valence-electron chi connectivity index (χ2n) is 3.15. The van der Waals surface area contributed by atoms with Crippen LogP contribution >= 0.6 is 11.8 Å². The van der Waals surface area contributed by atoms with E-state index in [4.69, 9.17) is 4.74 Å². The monoisotopic (exact) mass is 240 g/mol. The van der Waals surface area contributed by atoms with E-state index >= 15 is 0 Å². The van der Waals surface area contributed by atoms with E-state index in [1.165, 1.54) is 11.8 Å². The summed E-state index contributed by atoms with van der Waals surface area (Å²) in [6, 6.07) is 5.66. The summed E-state index contributed by atoms with van der Waals surface area (Å²) in [6.45, 7) is 1.34. The van der Waals surface area contributed by atoms with Gasteiger partial charge in [0.05, 0.1) is 10.8 Å². The Morgan fingerprint density at radius 1 is 1.56 bits per heavy atom. The van der Waals surface area contributed by atoms with Crippen molar-refractivity contribution >= 4 is 17.7 Å². The Hall–Kier alpha value is -1.07. The summed E-state index contributed by atoms with van der Waals surface area (Å²) in [5.41, 5.74) is 0. The molecule has 0 saturated carbocycles. The van der Waals surface area contributed by atoms with Crippen LogP contribution in [0.25, 0.3) is 0 Å². The van der Waals surface area contributed by atoms with Crippen LogP contribution in [0.4, 0.5) is 0 Å². The van der Waals surface area contributed by atoms with Gasteiger partial charge in [0.2, 0.25) is 5.91 Å². The third-order valence-electron chi connectivity index (χ3n) is 1.84. The summed E-state index contributed by atoms with van der Waals surface area (Å²) in [5.74, 6) is 0.441. The van der Waals surface area contributed by atoms with E-state index in [0.717, 1.165) is 11.4 Å². The lowest BCUT2D eigenvalue weighted by atomic mass is 10.4. The first-order valence-corrected chi connectivity index (χ1v) is 6.11. The standard InChI is InChI=1S/C11H16N2O2S/c1-15-8-4-7-12-10(14)9-16-11-5-2-3-6-13-11/h2-3,5-6H,4,7-9H2,1H3,(H,12,14). The molecule has 1 aromatic heterocycles. The zero-order chi connectivity index (χ0) is 11.6. The number of hydrogen-bond acceptors (Lipinski definition) is 4. The SMILES string of the molecule is COCCCNC(=O)CSc1ccccn1. The second-order valence-corrected chi connectivity index (χ2v) is 4.15. The number of hydrogen-bond donors (Lipinski definition) is 1. The van der Waals surface area contributed by atoms with E-state index in [0.29, 0.717) is 18.9 Å². The summed E-state index contributed by atoms with van der Waals surface area (Å²) in [5, 5.41) is 3.69. The van der Waals surface area contributed by atoms with Crippen molar-refractivity contribution in [1.29, 1.82) is 0 Å². The maximum atomic E-state index is 11.4. The minimum atomic E-state index is 0.0340. The minimum absolute atomic E-state index is 0.0340. The number of rotatable bonds is 7. The quantitative estimate of drug-likeness (QED) is 0.577. The number of methoxy groups -OCH3 is 1. The topological polar surface area (TPSA) is 51.2 Å². The number of thioether (sulfide) groups is 1. The highest BCUT2D eigenvalue weighted by Crippen LogP contribution is 2.12. The average molecular weight is 240 g/mol. The Labute approximate surface area is 99.8 Å². The molecule has 0 fully saturated rings. The van der Waals surface area contributed by atoms with Crippen molar-refractivity contribution in [1.82, 2.24) is 10.3 Å². The highest BCUT2D eigenvalue weighted by Gasteiger charge is 2.02. The molecule has 1 heterocycles. The van der Waals surface area contributed by atoms with Crippen molar-refractivity contribution in [2.24, 2.45) is 0 Å². The van der Waals surface area contributed by atoms with Gasteiger partial charge in [0.25, 0.3) is 0 Å². The number of nitrogens with zero attached hydrogens (tertiary/aromatic N) is 1. The van der Waals surface area contributed by atoms with Crippen LogP contribution in [0.5, 0.6) is 0 Å². The fourth-order valence-electron chi connectivity index (χ4n) is 1.07. The van der Waals surface area contributed by atoms with E-state index in [1.807, 2.05) is 18.2 Å². The molecule has 4 nitrogen and oxygen atoms in total. The molecule has 88 valence electrons. The smallest absolute Gasteiger partial charge is 0.230 e. The lowest BCUT2D eigenvalue weighted by Crippen LogP contribution is -2.26. The molecule has 0 radical (unpaired) electrons. The Bertz CT molecular complexity index is 306. The first-order valence-electron chi connectivity index (χ1n) is 5.12. The van der Waals surface area contributed by atoms with Gasteiger partial charge in [0, 0.05) is 26.5 Å². The van der Waals surface area contributed by atoms with Crippen molar-refractivity contribution in [2.45, 2.75) is 11.4 Å². The van der Waals surface area contributed by atoms with Gasteiger partial charge in [-0.3, -0.25) is 4.79 Å². The molecule has 0 aliphatic carbocycles. The molecule has 0 aromatic carbocycles. The van der Waals surface area contributed by atoms with Gasteiger partial charge in [-0.1, -0.05) is 17.8 Å². The van der Waals surface area contributed by atoms with Crippen LogP contribution in [-0.2, 0) is 9.53 Å². The second kappa shape index (κ2) is 8.13. The maximum Gasteiger partial charge on any atom is 0.230 e. The van der Waals surface area contributed by atoms with Crippen LogP contribution in [0.3, 0.4) is 0 Å². The third-order valence-corrected chi connectivity index (χ3v) is 2.78. The number of carbonyl (C=O) groups excluding carboxylic acids is 1. The third kappa shape index (κ3) is 5.72. The van der Waals surface area contributed by atoms with E-state index in [2.05, 4.69) is 10.3 Å². The molecule has 0 atom stereocenters. The van der Waals surface area contributed by atoms with Gasteiger partial charge in [0.1, 0.15) is 0 Å². The van der Waals surface area contributed by atoms with Gasteiger partial charge in [0.15, 0.2) is 0 Å². The van der Waals surface area contributed by atoms with Crippen molar-refractivity contribution in [2.75, 3.05) is 26.0 Å². The zero-order valence-corrected chi connectivity index (χ0v) is 10.1. The van der Waals surface area contributed by atoms with Crippen molar-refractivity contribution < 1.29 is 9.53 Å². The molecular formula is C11H16N2O2S. The van der Waals surface area contributed by atoms with Gasteiger partial charge in [-0.05, 0) is 18.6 Å². The number of pyridine rings is 1. The van der Waals surface area contributed by atoms with Gasteiger partial charge in [-0.25, -0.2) is 4.98 Å². The van der Waals surface area contributed by atoms with Crippen molar-refractivity contribution in [3.8, 4) is 0 Å². The largest absolute Gasteiger partial charge is 0.385 e. The molecule has 1 N–H and O–H groups in total. The number of carbonyl (C=O) groups is 1. The summed E-state index contributed by atoms with van der Waals surface area (Å²) in [6.07, 6.45) is 2.56. The lowest BCUT2D eigenvalue weighted by molar-refractivity contribution is -0.118. The average Bonchev–Trinajstić information content (AvgIpc) is 2.33. The molecule has 0 spiro atoms. The molecule has 16 heavy (non-hydrogen) atoms. The molecule has 1 aromatic rings. The number of nitrogens with one attached hydrogen (secondary N) is 1. The first kappa shape index (κ1) is 13.0. The highest BCUT2D eigenvalue weighted by molar-refractivity contribution is 7.99. The van der Waals surface area contributed by atoms with Gasteiger partial charge in [-0.15, -0.1) is 0 Å². The van der Waals surface area contributed by atoms with Crippen LogP contribution in [0, 0.1) is 0 Å². The Kier molecular flexibility index (Phi) is 6.60. The minimum Gasteiger partial charge on any atom is -0.385 e. The van der Waals surface area contributed by atoms with Crippen LogP contribution in [0.2, 0.25) is 0 Å². The van der Waals surface area contributed by atoms with Gasteiger partial charge >= 0.3 is 0 Å². The Morgan fingerprint density at radius 3 is 3.12 bits per heavy atom. The molecule has 5 heteroatoms. The summed E-state index contributed by atoms with van der Waals surface area (Å²) in [4.78, 5) is 15.5. The fraction of sp³-hybridized carbons (Fsp3) is 0.455. The van der Waals surface area contributed by atoms with Crippen LogP contribution in [0.15, 0.2) is 29.4 Å². The number of aromatic nitrogens is 1. The number of amides is 1. The molecule has 0 aliphatic rings. The van der Waals surface area contributed by atoms with Crippen LogP contribution < -0.4 is 5.32 Å². The van der Waals surface area contributed by atoms with E-state index in [-0.39, 0.29) is 5.91 Å². The molecule has 0 bridgehead atoms. The predicted octanol–water partition coefficient (Wildman–Crippen LogP) is 1.33. The van der Waals surface area contributed by atoms with Crippen LogP contribution in [0.1, 0.15) is 6.42 Å². The fourth-order valence-corrected chi connectivity index (χ4v) is 1.76. The van der Waals surface area contributed by atoms with Crippen LogP contribution in [-0.4, -0.2) is 36.9 Å². The Morgan fingerprint density at radius 2 is 2.44 bits per heavy atom. The summed E-state index contributed by atoms with van der Waals surface area (Å²) < 4.78 is 4.89. The molecule has 0 saturated heterocycles.